The van der Waals surface area contributed by atoms with Crippen LogP contribution in [0.5, 0.6) is 5.75 Å². The summed E-state index contributed by atoms with van der Waals surface area (Å²) in [5.41, 5.74) is 2.80. The third kappa shape index (κ3) is 4.65. The van der Waals surface area contributed by atoms with Gasteiger partial charge in [0, 0.05) is 41.3 Å². The Hall–Kier alpha value is -3.09. The fourth-order valence-corrected chi connectivity index (χ4v) is 4.00. The second-order valence-electron chi connectivity index (χ2n) is 7.07. The molecule has 1 aliphatic heterocycles. The monoisotopic (exact) mass is 455 g/mol. The lowest BCUT2D eigenvalue weighted by Gasteiger charge is -2.21. The van der Waals surface area contributed by atoms with Gasteiger partial charge in [-0.05, 0) is 47.5 Å². The number of ether oxygens (including phenoxy) is 1. The molecule has 3 aromatic rings. The Bertz CT molecular complexity index is 1150. The molecule has 2 amide bonds. The number of fused-ring (bicyclic) bond motifs is 1. The first-order valence-electron chi connectivity index (χ1n) is 9.67. The molecule has 2 heterocycles. The van der Waals surface area contributed by atoms with Crippen LogP contribution in [-0.2, 0) is 22.4 Å². The van der Waals surface area contributed by atoms with E-state index in [1.54, 1.807) is 36.5 Å². The fourth-order valence-electron chi connectivity index (χ4n) is 3.47. The summed E-state index contributed by atoms with van der Waals surface area (Å²) >= 11 is 12.3. The van der Waals surface area contributed by atoms with E-state index in [0.29, 0.717) is 39.4 Å². The fraction of sp³-hybridized carbons (Fsp3) is 0.174. The van der Waals surface area contributed by atoms with Crippen LogP contribution in [0.15, 0.2) is 54.7 Å². The first-order chi connectivity index (χ1) is 14.9. The largest absolute Gasteiger partial charge is 0.493 e. The van der Waals surface area contributed by atoms with Crippen LogP contribution in [0.4, 0.5) is 17.2 Å². The van der Waals surface area contributed by atoms with Crippen molar-refractivity contribution in [3.05, 3.63) is 75.9 Å². The van der Waals surface area contributed by atoms with E-state index >= 15 is 0 Å². The Morgan fingerprint density at radius 1 is 1.13 bits per heavy atom. The minimum absolute atomic E-state index is 0.0252. The predicted molar refractivity (Wildman–Crippen MR) is 121 cm³/mol. The smallest absolute Gasteiger partial charge is 0.229 e. The first kappa shape index (κ1) is 21.2. The van der Waals surface area contributed by atoms with E-state index in [-0.39, 0.29) is 18.2 Å². The standard InChI is InChI=1S/C23H19Cl2N3O3/c1-14(29)28(17-5-6-21-15(11-17)8-10-31-21)22-12-16(7-9-26-22)27-23(30)13-18-19(24)3-2-4-20(18)25/h2-7,9,11-12H,8,10,13H2,1H3,(H,26,27,30). The molecule has 0 atom stereocenters. The Balaban J connectivity index is 1.56. The normalized spacial score (nSPS) is 12.1. The number of carbonyl (C=O) groups is 2. The highest BCUT2D eigenvalue weighted by atomic mass is 35.5. The number of benzene rings is 2. The zero-order chi connectivity index (χ0) is 22.0. The summed E-state index contributed by atoms with van der Waals surface area (Å²) < 4.78 is 5.54. The molecule has 0 radical (unpaired) electrons. The van der Waals surface area contributed by atoms with Crippen molar-refractivity contribution < 1.29 is 14.3 Å². The molecule has 2 aromatic carbocycles. The topological polar surface area (TPSA) is 71.5 Å². The minimum Gasteiger partial charge on any atom is -0.493 e. The summed E-state index contributed by atoms with van der Waals surface area (Å²) in [4.78, 5) is 30.8. The molecule has 31 heavy (non-hydrogen) atoms. The average Bonchev–Trinajstić information content (AvgIpc) is 3.19. The average molecular weight is 456 g/mol. The number of pyridine rings is 1. The lowest BCUT2D eigenvalue weighted by molar-refractivity contribution is -0.116. The van der Waals surface area contributed by atoms with E-state index in [2.05, 4.69) is 10.3 Å². The highest BCUT2D eigenvalue weighted by molar-refractivity contribution is 6.36. The molecule has 1 aliphatic rings. The molecule has 0 fully saturated rings. The molecular formula is C23H19Cl2N3O3. The molecule has 0 saturated carbocycles. The summed E-state index contributed by atoms with van der Waals surface area (Å²) in [7, 11) is 0. The summed E-state index contributed by atoms with van der Waals surface area (Å²) in [5.74, 6) is 0.758. The Morgan fingerprint density at radius 3 is 2.65 bits per heavy atom. The van der Waals surface area contributed by atoms with Crippen LogP contribution >= 0.6 is 23.2 Å². The van der Waals surface area contributed by atoms with Crippen molar-refractivity contribution in [3.63, 3.8) is 0 Å². The van der Waals surface area contributed by atoms with Crippen LogP contribution in [0, 0.1) is 0 Å². The molecule has 0 bridgehead atoms. The number of carbonyl (C=O) groups excluding carboxylic acids is 2. The van der Waals surface area contributed by atoms with Gasteiger partial charge in [0.25, 0.3) is 0 Å². The van der Waals surface area contributed by atoms with Crippen molar-refractivity contribution in [1.29, 1.82) is 0 Å². The molecule has 8 heteroatoms. The third-order valence-corrected chi connectivity index (χ3v) is 5.61. The number of nitrogens with zero attached hydrogens (tertiary/aromatic N) is 2. The second-order valence-corrected chi connectivity index (χ2v) is 7.89. The maximum atomic E-state index is 12.6. The number of amides is 2. The van der Waals surface area contributed by atoms with Crippen LogP contribution in [0.1, 0.15) is 18.1 Å². The van der Waals surface area contributed by atoms with Crippen LogP contribution < -0.4 is 15.0 Å². The van der Waals surface area contributed by atoms with E-state index in [1.807, 2.05) is 18.2 Å². The van der Waals surface area contributed by atoms with Gasteiger partial charge in [-0.1, -0.05) is 29.3 Å². The van der Waals surface area contributed by atoms with Gasteiger partial charge in [-0.15, -0.1) is 0 Å². The first-order valence-corrected chi connectivity index (χ1v) is 10.4. The maximum absolute atomic E-state index is 12.6. The van der Waals surface area contributed by atoms with Crippen molar-refractivity contribution in [2.75, 3.05) is 16.8 Å². The summed E-state index contributed by atoms with van der Waals surface area (Å²) in [6.07, 6.45) is 2.36. The third-order valence-electron chi connectivity index (χ3n) is 4.90. The van der Waals surface area contributed by atoms with Gasteiger partial charge in [0.1, 0.15) is 11.6 Å². The molecular weight excluding hydrogens is 437 g/mol. The Morgan fingerprint density at radius 2 is 1.90 bits per heavy atom. The number of hydrogen-bond donors (Lipinski definition) is 1. The molecule has 158 valence electrons. The van der Waals surface area contributed by atoms with Crippen LogP contribution in [0.3, 0.4) is 0 Å². The number of anilines is 3. The number of rotatable bonds is 5. The zero-order valence-electron chi connectivity index (χ0n) is 16.7. The van der Waals surface area contributed by atoms with Crippen molar-refractivity contribution in [2.45, 2.75) is 19.8 Å². The van der Waals surface area contributed by atoms with Gasteiger partial charge in [-0.25, -0.2) is 4.98 Å². The molecule has 0 saturated heterocycles. The Labute approximate surface area is 189 Å². The van der Waals surface area contributed by atoms with Crippen molar-refractivity contribution >= 4 is 52.2 Å². The van der Waals surface area contributed by atoms with E-state index < -0.39 is 0 Å². The Kier molecular flexibility index (Phi) is 6.11. The summed E-state index contributed by atoms with van der Waals surface area (Å²) in [5, 5.41) is 3.68. The number of nitrogens with one attached hydrogen (secondary N) is 1. The van der Waals surface area contributed by atoms with Gasteiger partial charge in [-0.2, -0.15) is 0 Å². The summed E-state index contributed by atoms with van der Waals surface area (Å²) in [6, 6.07) is 14.0. The molecule has 1 aromatic heterocycles. The van der Waals surface area contributed by atoms with Gasteiger partial charge in [0.05, 0.1) is 18.7 Å². The number of hydrogen-bond acceptors (Lipinski definition) is 4. The second kappa shape index (κ2) is 8.96. The molecule has 0 aliphatic carbocycles. The maximum Gasteiger partial charge on any atom is 0.229 e. The van der Waals surface area contributed by atoms with E-state index in [1.165, 1.54) is 11.8 Å². The molecule has 0 spiro atoms. The van der Waals surface area contributed by atoms with Gasteiger partial charge in [0.2, 0.25) is 11.8 Å². The van der Waals surface area contributed by atoms with Gasteiger partial charge in [0.15, 0.2) is 0 Å². The van der Waals surface area contributed by atoms with E-state index in [9.17, 15) is 9.59 Å². The van der Waals surface area contributed by atoms with Crippen LogP contribution in [0.25, 0.3) is 0 Å². The number of aromatic nitrogens is 1. The minimum atomic E-state index is -0.281. The zero-order valence-corrected chi connectivity index (χ0v) is 18.2. The molecule has 0 unspecified atom stereocenters. The molecule has 6 nitrogen and oxygen atoms in total. The predicted octanol–water partition coefficient (Wildman–Crippen LogP) is 5.19. The van der Waals surface area contributed by atoms with Crippen molar-refractivity contribution in [3.8, 4) is 5.75 Å². The SMILES string of the molecule is CC(=O)N(c1ccc2c(c1)CCO2)c1cc(NC(=O)Cc2c(Cl)cccc2Cl)ccn1. The van der Waals surface area contributed by atoms with Crippen LogP contribution in [-0.4, -0.2) is 23.4 Å². The van der Waals surface area contributed by atoms with Crippen LogP contribution in [0.2, 0.25) is 10.0 Å². The number of halogens is 2. The quantitative estimate of drug-likeness (QED) is 0.574. The van der Waals surface area contributed by atoms with Gasteiger partial charge >= 0.3 is 0 Å². The van der Waals surface area contributed by atoms with Crippen molar-refractivity contribution in [2.24, 2.45) is 0 Å². The highest BCUT2D eigenvalue weighted by Gasteiger charge is 2.20. The van der Waals surface area contributed by atoms with Gasteiger partial charge in [-0.3, -0.25) is 14.5 Å². The highest BCUT2D eigenvalue weighted by Crippen LogP contribution is 2.33. The van der Waals surface area contributed by atoms with Gasteiger partial charge < -0.3 is 10.1 Å². The van der Waals surface area contributed by atoms with E-state index in [0.717, 1.165) is 17.7 Å². The molecule has 4 rings (SSSR count). The molecule has 1 N–H and O–H groups in total. The lowest BCUT2D eigenvalue weighted by atomic mass is 10.1. The summed E-state index contributed by atoms with van der Waals surface area (Å²) in [6.45, 7) is 2.10. The van der Waals surface area contributed by atoms with E-state index in [4.69, 9.17) is 27.9 Å². The van der Waals surface area contributed by atoms with Crippen molar-refractivity contribution in [1.82, 2.24) is 4.98 Å². The lowest BCUT2D eigenvalue weighted by Crippen LogP contribution is -2.24.